The predicted octanol–water partition coefficient (Wildman–Crippen LogP) is 3.90. The fraction of sp³-hybridized carbons (Fsp3) is 0.500. The van der Waals surface area contributed by atoms with Crippen LogP contribution in [0.4, 0.5) is 0 Å². The largest absolute Gasteiger partial charge is 0.497 e. The molecule has 3 nitrogen and oxygen atoms in total. The van der Waals surface area contributed by atoms with E-state index in [-0.39, 0.29) is 11.3 Å². The first-order valence-electron chi connectivity index (χ1n) is 7.62. The van der Waals surface area contributed by atoms with Gasteiger partial charge in [0.1, 0.15) is 5.75 Å². The number of nitrogens with zero attached hydrogens (tertiary/aromatic N) is 1. The van der Waals surface area contributed by atoms with Crippen LogP contribution in [0.25, 0.3) is 0 Å². The molecule has 21 heavy (non-hydrogen) atoms. The van der Waals surface area contributed by atoms with Gasteiger partial charge in [0.05, 0.1) is 7.11 Å². The number of methoxy groups -OCH3 is 1. The van der Waals surface area contributed by atoms with Crippen molar-refractivity contribution in [2.45, 2.75) is 32.6 Å². The van der Waals surface area contributed by atoms with Crippen molar-refractivity contribution >= 4 is 5.91 Å². The number of hydrogen-bond donors (Lipinski definition) is 0. The third-order valence-corrected chi connectivity index (χ3v) is 4.29. The maximum atomic E-state index is 12.7. The van der Waals surface area contributed by atoms with Gasteiger partial charge >= 0.3 is 0 Å². The first-order valence-corrected chi connectivity index (χ1v) is 7.62. The van der Waals surface area contributed by atoms with Gasteiger partial charge in [-0.15, -0.1) is 6.58 Å². The quantitative estimate of drug-likeness (QED) is 0.786. The van der Waals surface area contributed by atoms with Crippen LogP contribution in [0, 0.1) is 5.41 Å². The van der Waals surface area contributed by atoms with Gasteiger partial charge in [0.25, 0.3) is 5.91 Å². The first-order chi connectivity index (χ1) is 10.1. The number of allylic oxidation sites excluding steroid dienone is 1. The highest BCUT2D eigenvalue weighted by Crippen LogP contribution is 2.33. The van der Waals surface area contributed by atoms with Crippen molar-refractivity contribution in [3.63, 3.8) is 0 Å². The van der Waals surface area contributed by atoms with Gasteiger partial charge in [-0.25, -0.2) is 0 Å². The molecule has 2 rings (SSSR count). The molecule has 1 fully saturated rings. The molecule has 0 N–H and O–H groups in total. The summed E-state index contributed by atoms with van der Waals surface area (Å²) in [6, 6.07) is 7.37. The molecule has 1 aromatic rings. The maximum absolute atomic E-state index is 12.7. The topological polar surface area (TPSA) is 29.5 Å². The normalized spacial score (nSPS) is 22.5. The van der Waals surface area contributed by atoms with Crippen LogP contribution in [0.2, 0.25) is 0 Å². The van der Waals surface area contributed by atoms with Crippen molar-refractivity contribution in [3.8, 4) is 5.75 Å². The summed E-state index contributed by atoms with van der Waals surface area (Å²) < 4.78 is 5.14. The lowest BCUT2D eigenvalue weighted by molar-refractivity contribution is 0.0696. The molecule has 0 radical (unpaired) electrons. The summed E-state index contributed by atoms with van der Waals surface area (Å²) >= 11 is 0. The molecule has 0 spiro atoms. The Kier molecular flexibility index (Phi) is 5.05. The lowest BCUT2D eigenvalue weighted by Gasteiger charge is -2.32. The fourth-order valence-electron chi connectivity index (χ4n) is 3.08. The summed E-state index contributed by atoms with van der Waals surface area (Å²) in [4.78, 5) is 14.7. The van der Waals surface area contributed by atoms with E-state index >= 15 is 0 Å². The van der Waals surface area contributed by atoms with Crippen molar-refractivity contribution in [2.75, 3.05) is 20.2 Å². The van der Waals surface area contributed by atoms with Gasteiger partial charge in [0.15, 0.2) is 0 Å². The van der Waals surface area contributed by atoms with Gasteiger partial charge in [-0.2, -0.15) is 0 Å². The van der Waals surface area contributed by atoms with E-state index in [1.165, 1.54) is 6.42 Å². The van der Waals surface area contributed by atoms with Crippen LogP contribution in [0.3, 0.4) is 0 Å². The van der Waals surface area contributed by atoms with Crippen molar-refractivity contribution in [3.05, 3.63) is 42.5 Å². The van der Waals surface area contributed by atoms with Crippen LogP contribution in [0.15, 0.2) is 36.9 Å². The third kappa shape index (κ3) is 3.87. The van der Waals surface area contributed by atoms with Crippen LogP contribution in [-0.2, 0) is 0 Å². The van der Waals surface area contributed by atoms with E-state index in [0.29, 0.717) is 0 Å². The highest BCUT2D eigenvalue weighted by atomic mass is 16.5. The Morgan fingerprint density at radius 2 is 2.10 bits per heavy atom. The average molecular weight is 287 g/mol. The molecule has 1 atom stereocenters. The standard InChI is InChI=1S/C18H25NO2/c1-4-11-18(2)12-5-6-13-19(14-18)17(20)15-7-9-16(21-3)10-8-15/h4,7-10H,1,5-6,11-14H2,2-3H3/t18-/m1/s1. The van der Waals surface area contributed by atoms with Crippen LogP contribution in [-0.4, -0.2) is 31.0 Å². The summed E-state index contributed by atoms with van der Waals surface area (Å²) in [5.41, 5.74) is 0.888. The minimum atomic E-state index is 0.120. The number of likely N-dealkylation sites (tertiary alicyclic amines) is 1. The van der Waals surface area contributed by atoms with E-state index in [9.17, 15) is 4.79 Å². The van der Waals surface area contributed by atoms with Crippen molar-refractivity contribution in [1.82, 2.24) is 4.90 Å². The van der Waals surface area contributed by atoms with Gasteiger partial charge in [0, 0.05) is 18.7 Å². The Hall–Kier alpha value is -1.77. The van der Waals surface area contributed by atoms with Crippen LogP contribution >= 0.6 is 0 Å². The van der Waals surface area contributed by atoms with Gasteiger partial charge in [0.2, 0.25) is 0 Å². The lowest BCUT2D eigenvalue weighted by atomic mass is 9.82. The molecule has 1 aliphatic heterocycles. The highest BCUT2D eigenvalue weighted by Gasteiger charge is 2.30. The molecule has 0 unspecified atom stereocenters. The molecule has 0 aliphatic carbocycles. The SMILES string of the molecule is C=CC[C@]1(C)CCCCN(C(=O)c2ccc(OC)cc2)C1. The Morgan fingerprint density at radius 3 is 2.71 bits per heavy atom. The number of amides is 1. The zero-order valence-corrected chi connectivity index (χ0v) is 13.1. The smallest absolute Gasteiger partial charge is 0.253 e. The highest BCUT2D eigenvalue weighted by molar-refractivity contribution is 5.94. The van der Waals surface area contributed by atoms with Crippen molar-refractivity contribution < 1.29 is 9.53 Å². The number of carbonyl (C=O) groups is 1. The molecule has 1 saturated heterocycles. The van der Waals surface area contributed by atoms with E-state index in [0.717, 1.165) is 43.7 Å². The molecule has 0 saturated carbocycles. The molecular weight excluding hydrogens is 262 g/mol. The van der Waals surface area contributed by atoms with Gasteiger partial charge in [-0.05, 0) is 48.9 Å². The molecule has 1 heterocycles. The van der Waals surface area contributed by atoms with E-state index in [2.05, 4.69) is 13.5 Å². The number of benzene rings is 1. The lowest BCUT2D eigenvalue weighted by Crippen LogP contribution is -2.38. The fourth-order valence-corrected chi connectivity index (χ4v) is 3.08. The summed E-state index contributed by atoms with van der Waals surface area (Å²) in [5, 5.41) is 0. The average Bonchev–Trinajstić information content (AvgIpc) is 2.69. The first kappa shape index (κ1) is 15.6. The van der Waals surface area contributed by atoms with E-state index < -0.39 is 0 Å². The molecule has 0 bridgehead atoms. The molecule has 1 aliphatic rings. The van der Waals surface area contributed by atoms with Crippen LogP contribution in [0.5, 0.6) is 5.75 Å². The summed E-state index contributed by atoms with van der Waals surface area (Å²) in [5.74, 6) is 0.897. The molecule has 1 aromatic carbocycles. The zero-order chi connectivity index (χ0) is 15.3. The Labute approximate surface area is 127 Å². The molecule has 1 amide bonds. The molecular formula is C18H25NO2. The Balaban J connectivity index is 2.14. The van der Waals surface area contributed by atoms with E-state index in [1.807, 2.05) is 35.2 Å². The zero-order valence-electron chi connectivity index (χ0n) is 13.1. The Morgan fingerprint density at radius 1 is 1.38 bits per heavy atom. The van der Waals surface area contributed by atoms with Crippen molar-refractivity contribution in [1.29, 1.82) is 0 Å². The second-order valence-corrected chi connectivity index (χ2v) is 6.22. The van der Waals surface area contributed by atoms with Crippen LogP contribution in [0.1, 0.15) is 43.0 Å². The molecule has 114 valence electrons. The second-order valence-electron chi connectivity index (χ2n) is 6.22. The number of ether oxygens (including phenoxy) is 1. The van der Waals surface area contributed by atoms with E-state index in [1.54, 1.807) is 7.11 Å². The second kappa shape index (κ2) is 6.79. The molecule has 3 heteroatoms. The van der Waals surface area contributed by atoms with Gasteiger partial charge < -0.3 is 9.64 Å². The third-order valence-electron chi connectivity index (χ3n) is 4.29. The van der Waals surface area contributed by atoms with Gasteiger partial charge in [-0.1, -0.05) is 19.4 Å². The summed E-state index contributed by atoms with van der Waals surface area (Å²) in [6.07, 6.45) is 6.34. The number of carbonyl (C=O) groups excluding carboxylic acids is 1. The van der Waals surface area contributed by atoms with E-state index in [4.69, 9.17) is 4.74 Å². The van der Waals surface area contributed by atoms with Gasteiger partial charge in [-0.3, -0.25) is 4.79 Å². The summed E-state index contributed by atoms with van der Waals surface area (Å²) in [7, 11) is 1.63. The number of rotatable bonds is 4. The van der Waals surface area contributed by atoms with Crippen molar-refractivity contribution in [2.24, 2.45) is 5.41 Å². The Bertz CT molecular complexity index is 494. The molecule has 0 aromatic heterocycles. The summed E-state index contributed by atoms with van der Waals surface area (Å²) in [6.45, 7) is 7.77. The number of hydrogen-bond acceptors (Lipinski definition) is 2. The van der Waals surface area contributed by atoms with Crippen LogP contribution < -0.4 is 4.74 Å². The predicted molar refractivity (Wildman–Crippen MR) is 85.7 cm³/mol. The monoisotopic (exact) mass is 287 g/mol. The minimum Gasteiger partial charge on any atom is -0.497 e. The maximum Gasteiger partial charge on any atom is 0.253 e. The minimum absolute atomic E-state index is 0.120.